The Kier molecular flexibility index (Phi) is 3.22. The summed E-state index contributed by atoms with van der Waals surface area (Å²) in [5.74, 6) is 1.20. The first-order chi connectivity index (χ1) is 8.36. The van der Waals surface area contributed by atoms with E-state index in [0.29, 0.717) is 0 Å². The van der Waals surface area contributed by atoms with Gasteiger partial charge in [0.25, 0.3) is 5.91 Å². The molecule has 1 aliphatic rings. The van der Waals surface area contributed by atoms with Crippen LogP contribution in [0.15, 0.2) is 35.0 Å². The van der Waals surface area contributed by atoms with E-state index in [2.05, 4.69) is 11.4 Å². The van der Waals surface area contributed by atoms with Gasteiger partial charge in [0.15, 0.2) is 0 Å². The van der Waals surface area contributed by atoms with Crippen LogP contribution in [0.1, 0.15) is 19.9 Å². The summed E-state index contributed by atoms with van der Waals surface area (Å²) in [6.45, 7) is 0.851. The van der Waals surface area contributed by atoms with E-state index in [0.717, 1.165) is 17.2 Å². The van der Waals surface area contributed by atoms with Crippen molar-refractivity contribution in [3.05, 3.63) is 44.8 Å². The van der Waals surface area contributed by atoms with Crippen molar-refractivity contribution in [2.45, 2.75) is 5.37 Å². The summed E-state index contributed by atoms with van der Waals surface area (Å²) in [7, 11) is 0. The van der Waals surface area contributed by atoms with Crippen LogP contribution in [0.3, 0.4) is 0 Å². The molecule has 3 rings (SSSR count). The summed E-state index contributed by atoms with van der Waals surface area (Å²) in [6.07, 6.45) is 0. The summed E-state index contributed by atoms with van der Waals surface area (Å²) in [5, 5.41) is 4.24. The van der Waals surface area contributed by atoms with E-state index in [1.807, 2.05) is 40.2 Å². The molecule has 1 fully saturated rings. The number of hydrogen-bond donors (Lipinski definition) is 0. The largest absolute Gasteiger partial charge is 0.320 e. The third kappa shape index (κ3) is 2.14. The van der Waals surface area contributed by atoms with Gasteiger partial charge in [0, 0.05) is 17.2 Å². The maximum Gasteiger partial charge on any atom is 0.265 e. The minimum Gasteiger partial charge on any atom is -0.320 e. The SMILES string of the molecule is O=C(c1cccs1)N1CCSC1c1cccs1. The zero-order chi connectivity index (χ0) is 11.7. The van der Waals surface area contributed by atoms with Crippen LogP contribution in [0, 0.1) is 0 Å². The number of carbonyl (C=O) groups excluding carboxylic acids is 1. The number of carbonyl (C=O) groups is 1. The summed E-state index contributed by atoms with van der Waals surface area (Å²) < 4.78 is 0. The summed E-state index contributed by atoms with van der Waals surface area (Å²) >= 11 is 5.10. The Balaban J connectivity index is 1.85. The molecule has 0 bridgehead atoms. The van der Waals surface area contributed by atoms with Crippen molar-refractivity contribution in [1.29, 1.82) is 0 Å². The lowest BCUT2D eigenvalue weighted by atomic mass is 10.3. The molecule has 0 aliphatic carbocycles. The fraction of sp³-hybridized carbons (Fsp3) is 0.250. The van der Waals surface area contributed by atoms with Crippen LogP contribution in [-0.2, 0) is 0 Å². The third-order valence-corrected chi connectivity index (χ3v) is 5.84. The first kappa shape index (κ1) is 11.3. The van der Waals surface area contributed by atoms with Gasteiger partial charge in [0.05, 0.1) is 4.88 Å². The van der Waals surface area contributed by atoms with E-state index in [4.69, 9.17) is 0 Å². The van der Waals surface area contributed by atoms with Crippen molar-refractivity contribution in [3.8, 4) is 0 Å². The molecule has 0 radical (unpaired) electrons. The lowest BCUT2D eigenvalue weighted by Gasteiger charge is -2.22. The van der Waals surface area contributed by atoms with Crippen LogP contribution in [0.25, 0.3) is 0 Å². The van der Waals surface area contributed by atoms with Gasteiger partial charge in [-0.25, -0.2) is 0 Å². The number of nitrogens with zero attached hydrogens (tertiary/aromatic N) is 1. The Hall–Kier alpha value is -0.780. The zero-order valence-electron chi connectivity index (χ0n) is 9.04. The molecule has 1 aliphatic heterocycles. The smallest absolute Gasteiger partial charge is 0.265 e. The second-order valence-electron chi connectivity index (χ2n) is 3.71. The second-order valence-corrected chi connectivity index (χ2v) is 6.83. The standard InChI is InChI=1S/C12H11NOS3/c14-11(9-3-1-6-15-9)13-5-8-17-12(13)10-4-2-7-16-10/h1-4,6-7,12H,5,8H2. The average Bonchev–Trinajstić information content (AvgIpc) is 3.09. The first-order valence-corrected chi connectivity index (χ1v) is 8.16. The van der Waals surface area contributed by atoms with E-state index in [9.17, 15) is 4.79 Å². The molecule has 1 atom stereocenters. The fourth-order valence-corrected chi connectivity index (χ4v) is 4.80. The van der Waals surface area contributed by atoms with Crippen LogP contribution in [-0.4, -0.2) is 23.1 Å². The van der Waals surface area contributed by atoms with Gasteiger partial charge in [-0.05, 0) is 22.9 Å². The number of rotatable bonds is 2. The average molecular weight is 281 g/mol. The maximum absolute atomic E-state index is 12.3. The minimum atomic E-state index is 0.170. The number of amides is 1. The topological polar surface area (TPSA) is 20.3 Å². The van der Waals surface area contributed by atoms with Crippen molar-refractivity contribution in [1.82, 2.24) is 4.90 Å². The highest BCUT2D eigenvalue weighted by atomic mass is 32.2. The van der Waals surface area contributed by atoms with Gasteiger partial charge in [0.1, 0.15) is 5.37 Å². The van der Waals surface area contributed by atoms with Gasteiger partial charge >= 0.3 is 0 Å². The highest BCUT2D eigenvalue weighted by Crippen LogP contribution is 2.40. The van der Waals surface area contributed by atoms with E-state index < -0.39 is 0 Å². The van der Waals surface area contributed by atoms with Crippen LogP contribution < -0.4 is 0 Å². The van der Waals surface area contributed by atoms with Gasteiger partial charge in [-0.1, -0.05) is 12.1 Å². The van der Waals surface area contributed by atoms with E-state index >= 15 is 0 Å². The number of hydrogen-bond acceptors (Lipinski definition) is 4. The molecule has 3 heterocycles. The lowest BCUT2D eigenvalue weighted by molar-refractivity contribution is 0.0767. The Morgan fingerprint density at radius 1 is 1.24 bits per heavy atom. The molecule has 0 N–H and O–H groups in total. The molecule has 0 spiro atoms. The Labute approximate surface area is 112 Å². The molecule has 88 valence electrons. The van der Waals surface area contributed by atoms with Crippen LogP contribution >= 0.6 is 34.4 Å². The van der Waals surface area contributed by atoms with Crippen molar-refractivity contribution < 1.29 is 4.79 Å². The minimum absolute atomic E-state index is 0.170. The third-order valence-electron chi connectivity index (χ3n) is 2.67. The highest BCUT2D eigenvalue weighted by Gasteiger charge is 2.32. The lowest BCUT2D eigenvalue weighted by Crippen LogP contribution is -2.29. The van der Waals surface area contributed by atoms with Crippen molar-refractivity contribution in [2.24, 2.45) is 0 Å². The van der Waals surface area contributed by atoms with Crippen molar-refractivity contribution in [2.75, 3.05) is 12.3 Å². The zero-order valence-corrected chi connectivity index (χ0v) is 11.5. The van der Waals surface area contributed by atoms with Gasteiger partial charge in [-0.3, -0.25) is 4.79 Å². The molecular formula is C12H11NOS3. The van der Waals surface area contributed by atoms with E-state index in [1.54, 1.807) is 11.3 Å². The van der Waals surface area contributed by atoms with Gasteiger partial charge in [0.2, 0.25) is 0 Å². The first-order valence-electron chi connectivity index (χ1n) is 5.36. The molecule has 17 heavy (non-hydrogen) atoms. The van der Waals surface area contributed by atoms with Crippen LogP contribution in [0.2, 0.25) is 0 Å². The predicted octanol–water partition coefficient (Wildman–Crippen LogP) is 3.70. The Morgan fingerprint density at radius 3 is 2.76 bits per heavy atom. The van der Waals surface area contributed by atoms with Gasteiger partial charge in [-0.2, -0.15) is 0 Å². The van der Waals surface area contributed by atoms with Crippen molar-refractivity contribution >= 4 is 40.3 Å². The van der Waals surface area contributed by atoms with Gasteiger partial charge in [-0.15, -0.1) is 34.4 Å². The number of thioether (sulfide) groups is 1. The molecule has 5 heteroatoms. The van der Waals surface area contributed by atoms with Crippen LogP contribution in [0.4, 0.5) is 0 Å². The highest BCUT2D eigenvalue weighted by molar-refractivity contribution is 7.99. The van der Waals surface area contributed by atoms with Crippen molar-refractivity contribution in [3.63, 3.8) is 0 Å². The monoisotopic (exact) mass is 281 g/mol. The maximum atomic E-state index is 12.3. The summed E-state index contributed by atoms with van der Waals surface area (Å²) in [5.41, 5.74) is 0. The molecule has 2 aromatic heterocycles. The van der Waals surface area contributed by atoms with E-state index in [1.165, 1.54) is 16.2 Å². The molecule has 2 aromatic rings. The second kappa shape index (κ2) is 4.84. The Bertz CT molecular complexity index is 492. The van der Waals surface area contributed by atoms with E-state index in [-0.39, 0.29) is 11.3 Å². The predicted molar refractivity (Wildman–Crippen MR) is 74.9 cm³/mol. The molecule has 1 unspecified atom stereocenters. The molecule has 1 saturated heterocycles. The Morgan fingerprint density at radius 2 is 2.06 bits per heavy atom. The molecule has 0 saturated carbocycles. The molecule has 1 amide bonds. The molecule has 0 aromatic carbocycles. The number of thiophene rings is 2. The molecule has 2 nitrogen and oxygen atoms in total. The summed E-state index contributed by atoms with van der Waals surface area (Å²) in [6, 6.07) is 8.00. The quantitative estimate of drug-likeness (QED) is 0.836. The molecular weight excluding hydrogens is 270 g/mol. The normalized spacial score (nSPS) is 19.8. The fourth-order valence-electron chi connectivity index (χ4n) is 1.89. The summed E-state index contributed by atoms with van der Waals surface area (Å²) in [4.78, 5) is 16.4. The van der Waals surface area contributed by atoms with Gasteiger partial charge < -0.3 is 4.90 Å². The van der Waals surface area contributed by atoms with Crippen LogP contribution in [0.5, 0.6) is 0 Å².